The van der Waals surface area contributed by atoms with Crippen LogP contribution in [0.2, 0.25) is 0 Å². The Hall–Kier alpha value is -3.07. The number of nitrogens with one attached hydrogen (secondary N) is 1. The molecule has 1 atom stereocenters. The highest BCUT2D eigenvalue weighted by atomic mass is 19.1. The molecule has 0 saturated carbocycles. The van der Waals surface area contributed by atoms with Gasteiger partial charge in [0.15, 0.2) is 0 Å². The predicted octanol–water partition coefficient (Wildman–Crippen LogP) is 6.20. The molecule has 0 bridgehead atoms. The predicted molar refractivity (Wildman–Crippen MR) is 110 cm³/mol. The Morgan fingerprint density at radius 1 is 0.852 bits per heavy atom. The highest BCUT2D eigenvalue weighted by Crippen LogP contribution is 2.37. The van der Waals surface area contributed by atoms with Crippen molar-refractivity contribution in [3.8, 4) is 11.1 Å². The van der Waals surface area contributed by atoms with Crippen LogP contribution in [0.4, 0.5) is 10.1 Å². The Kier molecular flexibility index (Phi) is 4.68. The van der Waals surface area contributed by atoms with E-state index in [1.54, 1.807) is 6.07 Å². The van der Waals surface area contributed by atoms with E-state index in [0.717, 1.165) is 11.3 Å². The number of anilines is 1. The molecule has 0 aromatic heterocycles. The first-order chi connectivity index (χ1) is 13.1. The van der Waals surface area contributed by atoms with Crippen LogP contribution in [0.3, 0.4) is 0 Å². The molecule has 3 aromatic rings. The lowest BCUT2D eigenvalue weighted by Crippen LogP contribution is -2.32. The summed E-state index contributed by atoms with van der Waals surface area (Å²) in [6.45, 7) is 4.39. The van der Waals surface area contributed by atoms with Crippen molar-refractivity contribution >= 4 is 5.69 Å². The zero-order chi connectivity index (χ0) is 18.8. The number of benzene rings is 3. The molecule has 1 heterocycles. The molecule has 4 rings (SSSR count). The summed E-state index contributed by atoms with van der Waals surface area (Å²) < 4.78 is 14.4. The quantitative estimate of drug-likeness (QED) is 0.598. The fourth-order valence-electron chi connectivity index (χ4n) is 3.53. The van der Waals surface area contributed by atoms with Gasteiger partial charge in [-0.05, 0) is 35.3 Å². The fourth-order valence-corrected chi connectivity index (χ4v) is 3.53. The monoisotopic (exact) mass is 358 g/mol. The molecule has 1 unspecified atom stereocenters. The van der Waals surface area contributed by atoms with Crippen molar-refractivity contribution in [1.82, 2.24) is 5.43 Å². The average molecular weight is 358 g/mol. The third kappa shape index (κ3) is 3.33. The second-order valence-electron chi connectivity index (χ2n) is 7.12. The van der Waals surface area contributed by atoms with E-state index in [9.17, 15) is 4.39 Å². The second kappa shape index (κ2) is 7.28. The molecule has 0 fully saturated rings. The van der Waals surface area contributed by atoms with Crippen molar-refractivity contribution in [1.29, 1.82) is 0 Å². The highest BCUT2D eigenvalue weighted by Gasteiger charge is 2.25. The maximum absolute atomic E-state index is 14.4. The number of nitrogens with zero attached hydrogens (tertiary/aromatic N) is 1. The van der Waals surface area contributed by atoms with Crippen LogP contribution in [-0.4, -0.2) is 0 Å². The van der Waals surface area contributed by atoms with E-state index in [-0.39, 0.29) is 11.9 Å². The SMILES string of the molecule is CC(C)c1ccc(C2C=CNN2c2ccccc2-c2ccccc2F)cc1. The number of hydrogen-bond acceptors (Lipinski definition) is 2. The largest absolute Gasteiger partial charge is 0.305 e. The summed E-state index contributed by atoms with van der Waals surface area (Å²) in [6.07, 6.45) is 4.07. The van der Waals surface area contributed by atoms with Crippen LogP contribution in [0.25, 0.3) is 11.1 Å². The molecule has 0 saturated heterocycles. The van der Waals surface area contributed by atoms with Crippen LogP contribution in [0.5, 0.6) is 0 Å². The van der Waals surface area contributed by atoms with Crippen LogP contribution >= 0.6 is 0 Å². The Balaban J connectivity index is 1.72. The molecule has 3 heteroatoms. The van der Waals surface area contributed by atoms with Gasteiger partial charge in [0.1, 0.15) is 5.82 Å². The van der Waals surface area contributed by atoms with Crippen LogP contribution in [0.15, 0.2) is 85.1 Å². The lowest BCUT2D eigenvalue weighted by Gasteiger charge is -2.29. The van der Waals surface area contributed by atoms with Gasteiger partial charge in [-0.2, -0.15) is 0 Å². The van der Waals surface area contributed by atoms with Gasteiger partial charge < -0.3 is 5.43 Å². The van der Waals surface area contributed by atoms with Gasteiger partial charge in [0.2, 0.25) is 0 Å². The molecule has 1 aliphatic heterocycles. The van der Waals surface area contributed by atoms with Crippen LogP contribution in [0.1, 0.15) is 36.9 Å². The fraction of sp³-hybridized carbons (Fsp3) is 0.167. The van der Waals surface area contributed by atoms with Crippen molar-refractivity contribution < 1.29 is 4.39 Å². The maximum atomic E-state index is 14.4. The summed E-state index contributed by atoms with van der Waals surface area (Å²) in [4.78, 5) is 0. The van der Waals surface area contributed by atoms with Gasteiger partial charge in [-0.15, -0.1) is 0 Å². The number of hydrazine groups is 1. The normalized spacial score (nSPS) is 16.0. The van der Waals surface area contributed by atoms with E-state index in [1.165, 1.54) is 17.2 Å². The maximum Gasteiger partial charge on any atom is 0.131 e. The van der Waals surface area contributed by atoms with E-state index >= 15 is 0 Å². The van der Waals surface area contributed by atoms with Gasteiger partial charge in [-0.1, -0.05) is 74.5 Å². The van der Waals surface area contributed by atoms with Crippen molar-refractivity contribution in [2.24, 2.45) is 0 Å². The van der Waals surface area contributed by atoms with Crippen molar-refractivity contribution in [2.75, 3.05) is 5.01 Å². The van der Waals surface area contributed by atoms with E-state index in [4.69, 9.17) is 0 Å². The highest BCUT2D eigenvalue weighted by molar-refractivity contribution is 5.79. The topological polar surface area (TPSA) is 15.3 Å². The van der Waals surface area contributed by atoms with Crippen molar-refractivity contribution in [3.05, 3.63) is 102 Å². The summed E-state index contributed by atoms with van der Waals surface area (Å²) in [7, 11) is 0. The molecule has 1 N–H and O–H groups in total. The molecule has 2 nitrogen and oxygen atoms in total. The molecule has 27 heavy (non-hydrogen) atoms. The van der Waals surface area contributed by atoms with E-state index in [0.29, 0.717) is 11.5 Å². The zero-order valence-corrected chi connectivity index (χ0v) is 15.6. The van der Waals surface area contributed by atoms with Gasteiger partial charge in [-0.3, -0.25) is 5.01 Å². The third-order valence-electron chi connectivity index (χ3n) is 5.04. The summed E-state index contributed by atoms with van der Waals surface area (Å²) in [5.41, 5.74) is 8.27. The lowest BCUT2D eigenvalue weighted by atomic mass is 9.98. The molecule has 0 radical (unpaired) electrons. The van der Waals surface area contributed by atoms with E-state index < -0.39 is 0 Å². The van der Waals surface area contributed by atoms with Crippen LogP contribution < -0.4 is 10.4 Å². The summed E-state index contributed by atoms with van der Waals surface area (Å²) >= 11 is 0. The Labute approximate surface area is 159 Å². The van der Waals surface area contributed by atoms with Crippen LogP contribution in [0, 0.1) is 5.82 Å². The Morgan fingerprint density at radius 3 is 2.22 bits per heavy atom. The number of hydrogen-bond donors (Lipinski definition) is 1. The van der Waals surface area contributed by atoms with E-state index in [2.05, 4.69) is 54.6 Å². The molecular formula is C24H23FN2. The minimum absolute atomic E-state index is 0.0548. The van der Waals surface area contributed by atoms with Gasteiger partial charge in [0.25, 0.3) is 0 Å². The molecule has 0 amide bonds. The lowest BCUT2D eigenvalue weighted by molar-refractivity contribution is 0.631. The van der Waals surface area contributed by atoms with E-state index in [1.807, 2.05) is 42.6 Å². The minimum atomic E-state index is -0.213. The third-order valence-corrected chi connectivity index (χ3v) is 5.04. The average Bonchev–Trinajstić information content (AvgIpc) is 3.18. The molecule has 136 valence electrons. The van der Waals surface area contributed by atoms with Crippen molar-refractivity contribution in [3.63, 3.8) is 0 Å². The number of halogens is 1. The number of para-hydroxylation sites is 1. The molecule has 0 spiro atoms. The number of rotatable bonds is 4. The first-order valence-electron chi connectivity index (χ1n) is 9.31. The summed E-state index contributed by atoms with van der Waals surface area (Å²) in [5, 5.41) is 2.09. The van der Waals surface area contributed by atoms with Crippen molar-refractivity contribution in [2.45, 2.75) is 25.8 Å². The smallest absolute Gasteiger partial charge is 0.131 e. The second-order valence-corrected chi connectivity index (χ2v) is 7.12. The zero-order valence-electron chi connectivity index (χ0n) is 15.6. The molecule has 1 aliphatic rings. The van der Waals surface area contributed by atoms with Crippen LogP contribution in [-0.2, 0) is 0 Å². The summed E-state index contributed by atoms with van der Waals surface area (Å²) in [6, 6.07) is 23.6. The molecule has 3 aromatic carbocycles. The first kappa shape index (κ1) is 17.3. The van der Waals surface area contributed by atoms with Gasteiger partial charge >= 0.3 is 0 Å². The Bertz CT molecular complexity index is 960. The minimum Gasteiger partial charge on any atom is -0.305 e. The van der Waals surface area contributed by atoms with Gasteiger partial charge in [0, 0.05) is 17.3 Å². The molecular weight excluding hydrogens is 335 g/mol. The van der Waals surface area contributed by atoms with Gasteiger partial charge in [-0.25, -0.2) is 4.39 Å². The van der Waals surface area contributed by atoms with Gasteiger partial charge in [0.05, 0.1) is 11.7 Å². The Morgan fingerprint density at radius 2 is 1.52 bits per heavy atom. The molecule has 0 aliphatic carbocycles. The summed E-state index contributed by atoms with van der Waals surface area (Å²) in [5.74, 6) is 0.295. The standard InChI is InChI=1S/C24H23FN2/c1-17(2)18-11-13-19(14-12-18)23-15-16-26-27(23)24-10-6-4-8-21(24)20-7-3-5-9-22(20)25/h3-17,23,26H,1-2H3. The first-order valence-corrected chi connectivity index (χ1v) is 9.31.